The molecule has 1 aromatic rings. The van der Waals surface area contributed by atoms with Gasteiger partial charge in [0.25, 0.3) is 0 Å². The molecule has 0 bridgehead atoms. The van der Waals surface area contributed by atoms with Crippen LogP contribution in [0.15, 0.2) is 6.33 Å². The van der Waals surface area contributed by atoms with Crippen LogP contribution in [0.2, 0.25) is 0 Å². The summed E-state index contributed by atoms with van der Waals surface area (Å²) < 4.78 is 7.01. The quantitative estimate of drug-likeness (QED) is 0.656. The number of ether oxygens (including phenoxy) is 1. The highest BCUT2D eigenvalue weighted by molar-refractivity contribution is 4.85. The summed E-state index contributed by atoms with van der Waals surface area (Å²) in [7, 11) is 1.70. The summed E-state index contributed by atoms with van der Waals surface area (Å²) >= 11 is 0. The molecule has 0 aromatic carbocycles. The fourth-order valence-electron chi connectivity index (χ4n) is 1.07. The SMILES string of the molecule is CCCc1nncn1CCOC. The van der Waals surface area contributed by atoms with Gasteiger partial charge in [-0.2, -0.15) is 0 Å². The van der Waals surface area contributed by atoms with Crippen molar-refractivity contribution in [3.63, 3.8) is 0 Å². The van der Waals surface area contributed by atoms with Crippen LogP contribution in [0, 0.1) is 0 Å². The van der Waals surface area contributed by atoms with E-state index in [1.807, 2.05) is 4.57 Å². The molecule has 0 atom stereocenters. The van der Waals surface area contributed by atoms with Crippen LogP contribution in [0.4, 0.5) is 0 Å². The van der Waals surface area contributed by atoms with Crippen LogP contribution in [-0.2, 0) is 17.7 Å². The number of rotatable bonds is 5. The second-order valence-corrected chi connectivity index (χ2v) is 2.68. The lowest BCUT2D eigenvalue weighted by Gasteiger charge is -2.03. The number of aryl methyl sites for hydroxylation is 1. The van der Waals surface area contributed by atoms with E-state index in [-0.39, 0.29) is 0 Å². The minimum Gasteiger partial charge on any atom is -0.383 e. The van der Waals surface area contributed by atoms with Crippen molar-refractivity contribution in [3.05, 3.63) is 12.2 Å². The average Bonchev–Trinajstić information content (AvgIpc) is 2.50. The molecule has 0 amide bonds. The van der Waals surface area contributed by atoms with E-state index in [0.29, 0.717) is 0 Å². The van der Waals surface area contributed by atoms with Crippen molar-refractivity contribution >= 4 is 0 Å². The van der Waals surface area contributed by atoms with E-state index in [0.717, 1.165) is 31.8 Å². The molecule has 1 heterocycles. The molecule has 0 spiro atoms. The van der Waals surface area contributed by atoms with Crippen LogP contribution in [0.25, 0.3) is 0 Å². The summed E-state index contributed by atoms with van der Waals surface area (Å²) in [5, 5.41) is 7.87. The van der Waals surface area contributed by atoms with E-state index < -0.39 is 0 Å². The summed E-state index contributed by atoms with van der Waals surface area (Å²) in [6.07, 6.45) is 3.85. The van der Waals surface area contributed by atoms with Gasteiger partial charge in [-0.25, -0.2) is 0 Å². The zero-order valence-electron chi connectivity index (χ0n) is 7.66. The summed E-state index contributed by atoms with van der Waals surface area (Å²) in [6, 6.07) is 0. The Morgan fingerprint density at radius 2 is 2.42 bits per heavy atom. The predicted molar refractivity (Wildman–Crippen MR) is 45.9 cm³/mol. The minimum absolute atomic E-state index is 0.717. The fraction of sp³-hybridized carbons (Fsp3) is 0.750. The summed E-state index contributed by atoms with van der Waals surface area (Å²) in [5.74, 6) is 1.05. The van der Waals surface area contributed by atoms with Gasteiger partial charge in [-0.05, 0) is 6.42 Å². The van der Waals surface area contributed by atoms with Crippen molar-refractivity contribution in [2.75, 3.05) is 13.7 Å². The molecule has 0 aliphatic carbocycles. The monoisotopic (exact) mass is 169 g/mol. The normalized spacial score (nSPS) is 10.5. The molecule has 4 heteroatoms. The first-order valence-electron chi connectivity index (χ1n) is 4.24. The van der Waals surface area contributed by atoms with Crippen molar-refractivity contribution in [2.45, 2.75) is 26.3 Å². The first-order chi connectivity index (χ1) is 5.88. The summed E-state index contributed by atoms with van der Waals surface area (Å²) in [4.78, 5) is 0. The third-order valence-electron chi connectivity index (χ3n) is 1.71. The molecular weight excluding hydrogens is 154 g/mol. The highest BCUT2D eigenvalue weighted by atomic mass is 16.5. The molecule has 1 rings (SSSR count). The van der Waals surface area contributed by atoms with Crippen LogP contribution in [-0.4, -0.2) is 28.5 Å². The van der Waals surface area contributed by atoms with Crippen LogP contribution >= 0.6 is 0 Å². The molecule has 0 aliphatic rings. The zero-order valence-corrected chi connectivity index (χ0v) is 7.66. The molecular formula is C8H15N3O. The standard InChI is InChI=1S/C8H15N3O/c1-3-4-8-10-9-7-11(8)5-6-12-2/h7H,3-6H2,1-2H3. The number of hydrogen-bond donors (Lipinski definition) is 0. The molecule has 12 heavy (non-hydrogen) atoms. The van der Waals surface area contributed by atoms with Crippen LogP contribution in [0.5, 0.6) is 0 Å². The Kier molecular flexibility index (Phi) is 3.73. The van der Waals surface area contributed by atoms with Gasteiger partial charge in [-0.3, -0.25) is 0 Å². The van der Waals surface area contributed by atoms with Crippen molar-refractivity contribution in [1.29, 1.82) is 0 Å². The highest BCUT2D eigenvalue weighted by Crippen LogP contribution is 1.98. The Balaban J connectivity index is 2.51. The van der Waals surface area contributed by atoms with Crippen molar-refractivity contribution in [3.8, 4) is 0 Å². The van der Waals surface area contributed by atoms with Crippen LogP contribution < -0.4 is 0 Å². The number of aromatic nitrogens is 3. The van der Waals surface area contributed by atoms with Gasteiger partial charge in [-0.15, -0.1) is 10.2 Å². The third-order valence-corrected chi connectivity index (χ3v) is 1.71. The first-order valence-corrected chi connectivity index (χ1v) is 4.24. The molecule has 0 saturated carbocycles. The van der Waals surface area contributed by atoms with Gasteiger partial charge in [0.05, 0.1) is 6.61 Å². The molecule has 0 saturated heterocycles. The zero-order chi connectivity index (χ0) is 8.81. The van der Waals surface area contributed by atoms with Gasteiger partial charge in [0.2, 0.25) is 0 Å². The van der Waals surface area contributed by atoms with Crippen LogP contribution in [0.3, 0.4) is 0 Å². The van der Waals surface area contributed by atoms with Gasteiger partial charge in [0.1, 0.15) is 12.2 Å². The van der Waals surface area contributed by atoms with Crippen LogP contribution in [0.1, 0.15) is 19.2 Å². The summed E-state index contributed by atoms with van der Waals surface area (Å²) in [5.41, 5.74) is 0. The van der Waals surface area contributed by atoms with Crippen molar-refractivity contribution < 1.29 is 4.74 Å². The minimum atomic E-state index is 0.717. The Morgan fingerprint density at radius 1 is 1.58 bits per heavy atom. The molecule has 0 N–H and O–H groups in total. The Bertz CT molecular complexity index is 222. The number of nitrogens with zero attached hydrogens (tertiary/aromatic N) is 3. The van der Waals surface area contributed by atoms with E-state index >= 15 is 0 Å². The molecule has 0 fully saturated rings. The van der Waals surface area contributed by atoms with Gasteiger partial charge in [-0.1, -0.05) is 6.92 Å². The fourth-order valence-corrected chi connectivity index (χ4v) is 1.07. The van der Waals surface area contributed by atoms with E-state index in [4.69, 9.17) is 4.74 Å². The number of hydrogen-bond acceptors (Lipinski definition) is 3. The Labute approximate surface area is 72.6 Å². The topological polar surface area (TPSA) is 39.9 Å². The van der Waals surface area contributed by atoms with E-state index in [1.165, 1.54) is 0 Å². The van der Waals surface area contributed by atoms with Gasteiger partial charge >= 0.3 is 0 Å². The second kappa shape index (κ2) is 4.87. The van der Waals surface area contributed by atoms with E-state index in [9.17, 15) is 0 Å². The highest BCUT2D eigenvalue weighted by Gasteiger charge is 2.01. The average molecular weight is 169 g/mol. The molecule has 0 unspecified atom stereocenters. The maximum absolute atomic E-state index is 4.97. The molecule has 1 aromatic heterocycles. The molecule has 4 nitrogen and oxygen atoms in total. The molecule has 0 radical (unpaired) electrons. The predicted octanol–water partition coefficient (Wildman–Crippen LogP) is 0.877. The maximum Gasteiger partial charge on any atom is 0.132 e. The van der Waals surface area contributed by atoms with E-state index in [2.05, 4.69) is 17.1 Å². The lowest BCUT2D eigenvalue weighted by molar-refractivity contribution is 0.186. The van der Waals surface area contributed by atoms with Gasteiger partial charge in [0, 0.05) is 20.1 Å². The Hall–Kier alpha value is -0.900. The maximum atomic E-state index is 4.97. The smallest absolute Gasteiger partial charge is 0.132 e. The largest absolute Gasteiger partial charge is 0.383 e. The van der Waals surface area contributed by atoms with Crippen molar-refractivity contribution in [2.24, 2.45) is 0 Å². The van der Waals surface area contributed by atoms with E-state index in [1.54, 1.807) is 13.4 Å². The van der Waals surface area contributed by atoms with Crippen molar-refractivity contribution in [1.82, 2.24) is 14.8 Å². The molecule has 68 valence electrons. The van der Waals surface area contributed by atoms with Gasteiger partial charge < -0.3 is 9.30 Å². The van der Waals surface area contributed by atoms with Gasteiger partial charge in [0.15, 0.2) is 0 Å². The lowest BCUT2D eigenvalue weighted by atomic mass is 10.3. The molecule has 0 aliphatic heterocycles. The Morgan fingerprint density at radius 3 is 3.08 bits per heavy atom. The first kappa shape index (κ1) is 9.19. The second-order valence-electron chi connectivity index (χ2n) is 2.68. The third kappa shape index (κ3) is 2.30. The lowest BCUT2D eigenvalue weighted by Crippen LogP contribution is -2.07. The number of methoxy groups -OCH3 is 1. The summed E-state index contributed by atoms with van der Waals surface area (Å²) in [6.45, 7) is 3.70.